The van der Waals surface area contributed by atoms with Gasteiger partial charge in [-0.1, -0.05) is 0 Å². The third-order valence-corrected chi connectivity index (χ3v) is 1.49. The van der Waals surface area contributed by atoms with E-state index in [0.29, 0.717) is 11.4 Å². The molecule has 54 valence electrons. The van der Waals surface area contributed by atoms with E-state index in [1.165, 1.54) is 0 Å². The number of aryl methyl sites for hydroxylation is 3. The maximum Gasteiger partial charge on any atom is 0.139 e. The molecule has 0 fully saturated rings. The van der Waals surface area contributed by atoms with E-state index in [1.807, 2.05) is 19.9 Å². The molecule has 1 aromatic rings. The highest BCUT2D eigenvalue weighted by Crippen LogP contribution is 2.18. The van der Waals surface area contributed by atoms with Gasteiger partial charge >= 0.3 is 0 Å². The van der Waals surface area contributed by atoms with Gasteiger partial charge in [-0.05, 0) is 32.4 Å². The standard InChI is InChI=1S/C8H11NO/c1-5-4-6(2)9-7(3)8(5)10/h4,10H,1-3H3. The van der Waals surface area contributed by atoms with Crippen LogP contribution in [0.2, 0.25) is 0 Å². The first kappa shape index (κ1) is 7.06. The highest BCUT2D eigenvalue weighted by atomic mass is 16.3. The fourth-order valence-corrected chi connectivity index (χ4v) is 1.02. The number of hydrogen-bond donors (Lipinski definition) is 1. The molecule has 2 heteroatoms. The summed E-state index contributed by atoms with van der Waals surface area (Å²) in [5.41, 5.74) is 2.55. The summed E-state index contributed by atoms with van der Waals surface area (Å²) < 4.78 is 0. The molecule has 0 radical (unpaired) electrons. The summed E-state index contributed by atoms with van der Waals surface area (Å²) in [5.74, 6) is 0.311. The van der Waals surface area contributed by atoms with E-state index in [9.17, 15) is 5.11 Å². The van der Waals surface area contributed by atoms with Crippen LogP contribution in [0.5, 0.6) is 5.75 Å². The van der Waals surface area contributed by atoms with E-state index in [4.69, 9.17) is 0 Å². The Bertz CT molecular complexity index is 232. The maximum atomic E-state index is 9.27. The molecule has 0 bridgehead atoms. The lowest BCUT2D eigenvalue weighted by Crippen LogP contribution is -1.88. The highest BCUT2D eigenvalue weighted by molar-refractivity contribution is 5.35. The molecular formula is C8H11NO. The number of pyridine rings is 1. The first-order valence-electron chi connectivity index (χ1n) is 3.25. The van der Waals surface area contributed by atoms with Crippen molar-refractivity contribution in [3.63, 3.8) is 0 Å². The lowest BCUT2D eigenvalue weighted by molar-refractivity contribution is 0.463. The Hall–Kier alpha value is -1.05. The van der Waals surface area contributed by atoms with Crippen molar-refractivity contribution in [3.05, 3.63) is 23.0 Å². The Morgan fingerprint density at radius 1 is 1.30 bits per heavy atom. The molecule has 0 aliphatic heterocycles. The summed E-state index contributed by atoms with van der Waals surface area (Å²) in [5, 5.41) is 9.27. The van der Waals surface area contributed by atoms with Gasteiger partial charge in [-0.3, -0.25) is 4.98 Å². The molecule has 1 N–H and O–H groups in total. The molecule has 0 aliphatic carbocycles. The Balaban J connectivity index is 3.31. The number of aromatic hydroxyl groups is 1. The van der Waals surface area contributed by atoms with E-state index in [-0.39, 0.29) is 0 Å². The summed E-state index contributed by atoms with van der Waals surface area (Å²) in [4.78, 5) is 4.08. The minimum absolute atomic E-state index is 0.311. The Morgan fingerprint density at radius 2 is 1.90 bits per heavy atom. The number of nitrogens with zero attached hydrogens (tertiary/aromatic N) is 1. The zero-order valence-corrected chi connectivity index (χ0v) is 6.47. The molecule has 0 unspecified atom stereocenters. The third kappa shape index (κ3) is 1.10. The van der Waals surface area contributed by atoms with Crippen molar-refractivity contribution in [1.29, 1.82) is 0 Å². The van der Waals surface area contributed by atoms with Crippen molar-refractivity contribution < 1.29 is 5.11 Å². The molecule has 1 aromatic heterocycles. The molecule has 0 aliphatic rings. The van der Waals surface area contributed by atoms with Crippen LogP contribution in [-0.4, -0.2) is 10.1 Å². The molecule has 1 heterocycles. The quantitative estimate of drug-likeness (QED) is 0.590. The van der Waals surface area contributed by atoms with Gasteiger partial charge in [-0.15, -0.1) is 0 Å². The molecule has 2 nitrogen and oxygen atoms in total. The summed E-state index contributed by atoms with van der Waals surface area (Å²) in [6.45, 7) is 5.59. The fraction of sp³-hybridized carbons (Fsp3) is 0.375. The Kier molecular flexibility index (Phi) is 1.62. The van der Waals surface area contributed by atoms with Crippen molar-refractivity contribution >= 4 is 0 Å². The van der Waals surface area contributed by atoms with Gasteiger partial charge in [-0.25, -0.2) is 0 Å². The third-order valence-electron chi connectivity index (χ3n) is 1.49. The van der Waals surface area contributed by atoms with Crippen LogP contribution in [0.4, 0.5) is 0 Å². The topological polar surface area (TPSA) is 33.1 Å². The monoisotopic (exact) mass is 137 g/mol. The van der Waals surface area contributed by atoms with Crippen molar-refractivity contribution in [2.75, 3.05) is 0 Å². The summed E-state index contributed by atoms with van der Waals surface area (Å²) >= 11 is 0. The van der Waals surface area contributed by atoms with E-state index >= 15 is 0 Å². The van der Waals surface area contributed by atoms with Crippen LogP contribution in [0.3, 0.4) is 0 Å². The number of rotatable bonds is 0. The van der Waals surface area contributed by atoms with Crippen molar-refractivity contribution in [2.45, 2.75) is 20.8 Å². The fourth-order valence-electron chi connectivity index (χ4n) is 1.02. The van der Waals surface area contributed by atoms with Crippen LogP contribution >= 0.6 is 0 Å². The summed E-state index contributed by atoms with van der Waals surface area (Å²) in [6, 6.07) is 1.86. The van der Waals surface area contributed by atoms with E-state index in [2.05, 4.69) is 4.98 Å². The molecule has 0 aromatic carbocycles. The van der Waals surface area contributed by atoms with Crippen LogP contribution < -0.4 is 0 Å². The minimum Gasteiger partial charge on any atom is -0.506 e. The Morgan fingerprint density at radius 3 is 2.40 bits per heavy atom. The summed E-state index contributed by atoms with van der Waals surface area (Å²) in [7, 11) is 0. The normalized spacial score (nSPS) is 9.90. The van der Waals surface area contributed by atoms with Crippen LogP contribution in [0.25, 0.3) is 0 Å². The minimum atomic E-state index is 0.311. The van der Waals surface area contributed by atoms with Crippen LogP contribution in [0.15, 0.2) is 6.07 Å². The molecule has 0 spiro atoms. The van der Waals surface area contributed by atoms with Gasteiger partial charge in [0.05, 0.1) is 5.69 Å². The van der Waals surface area contributed by atoms with E-state index in [0.717, 1.165) is 11.3 Å². The molecule has 1 rings (SSSR count). The number of hydrogen-bond acceptors (Lipinski definition) is 2. The van der Waals surface area contributed by atoms with E-state index < -0.39 is 0 Å². The van der Waals surface area contributed by atoms with Gasteiger partial charge in [0.25, 0.3) is 0 Å². The van der Waals surface area contributed by atoms with Crippen molar-refractivity contribution in [2.24, 2.45) is 0 Å². The van der Waals surface area contributed by atoms with Gasteiger partial charge in [0.1, 0.15) is 5.75 Å². The van der Waals surface area contributed by atoms with Gasteiger partial charge in [0.2, 0.25) is 0 Å². The van der Waals surface area contributed by atoms with Crippen LogP contribution in [0.1, 0.15) is 17.0 Å². The molecule has 0 amide bonds. The van der Waals surface area contributed by atoms with E-state index in [1.54, 1.807) is 6.92 Å². The lowest BCUT2D eigenvalue weighted by atomic mass is 10.2. The molecular weight excluding hydrogens is 126 g/mol. The van der Waals surface area contributed by atoms with Gasteiger partial charge in [-0.2, -0.15) is 0 Å². The second kappa shape index (κ2) is 2.29. The second-order valence-corrected chi connectivity index (χ2v) is 2.51. The van der Waals surface area contributed by atoms with Crippen LogP contribution in [-0.2, 0) is 0 Å². The zero-order valence-electron chi connectivity index (χ0n) is 6.47. The first-order chi connectivity index (χ1) is 4.61. The predicted molar refractivity (Wildman–Crippen MR) is 40.1 cm³/mol. The highest BCUT2D eigenvalue weighted by Gasteiger charge is 2.00. The largest absolute Gasteiger partial charge is 0.506 e. The van der Waals surface area contributed by atoms with Crippen LogP contribution in [0, 0.1) is 20.8 Å². The van der Waals surface area contributed by atoms with Gasteiger partial charge in [0.15, 0.2) is 0 Å². The SMILES string of the molecule is Cc1cc(C)c(O)c(C)n1. The predicted octanol–water partition coefficient (Wildman–Crippen LogP) is 1.71. The Labute approximate surface area is 60.5 Å². The maximum absolute atomic E-state index is 9.27. The molecule has 0 saturated carbocycles. The summed E-state index contributed by atoms with van der Waals surface area (Å²) in [6.07, 6.45) is 0. The average molecular weight is 137 g/mol. The zero-order chi connectivity index (χ0) is 7.72. The lowest BCUT2D eigenvalue weighted by Gasteiger charge is -2.02. The first-order valence-corrected chi connectivity index (χ1v) is 3.25. The smallest absolute Gasteiger partial charge is 0.139 e. The average Bonchev–Trinajstić information content (AvgIpc) is 1.82. The second-order valence-electron chi connectivity index (χ2n) is 2.51. The molecule has 10 heavy (non-hydrogen) atoms. The molecule has 0 saturated heterocycles. The molecule has 0 atom stereocenters. The van der Waals surface area contributed by atoms with Crippen molar-refractivity contribution in [1.82, 2.24) is 4.98 Å². The van der Waals surface area contributed by atoms with Gasteiger partial charge < -0.3 is 5.11 Å². The number of aromatic nitrogens is 1. The van der Waals surface area contributed by atoms with Crippen molar-refractivity contribution in [3.8, 4) is 5.75 Å². The van der Waals surface area contributed by atoms with Gasteiger partial charge in [0, 0.05) is 5.69 Å².